The number of oxime groups is 1. The van der Waals surface area contributed by atoms with Crippen molar-refractivity contribution in [2.45, 2.75) is 50.2 Å². The van der Waals surface area contributed by atoms with E-state index in [1.54, 1.807) is 0 Å². The van der Waals surface area contributed by atoms with Crippen LogP contribution in [0.5, 0.6) is 0 Å². The van der Waals surface area contributed by atoms with Gasteiger partial charge in [0, 0.05) is 48.9 Å². The zero-order chi connectivity index (χ0) is 19.1. The van der Waals surface area contributed by atoms with Gasteiger partial charge in [0.05, 0.1) is 5.71 Å². The van der Waals surface area contributed by atoms with Gasteiger partial charge in [-0.25, -0.2) is 0 Å². The lowest BCUT2D eigenvalue weighted by Crippen LogP contribution is -2.44. The van der Waals surface area contributed by atoms with Crippen molar-refractivity contribution < 1.29 is 4.84 Å². The monoisotopic (exact) mass is 414 g/mol. The molecule has 1 aliphatic carbocycles. The standard InChI is InChI=1S/C23H24Cl2N2O/c24-20-13-21(25)19(16-6-7-16)12-18(20)15-27-10-8-23(9-11-27)14-22(26-28-23)17-4-2-1-3-5-17/h1-5,12-13,16H,6-11,14-15H2. The molecule has 2 fully saturated rings. The highest BCUT2D eigenvalue weighted by Gasteiger charge is 2.42. The maximum Gasteiger partial charge on any atom is 0.145 e. The van der Waals surface area contributed by atoms with Gasteiger partial charge in [-0.05, 0) is 41.5 Å². The van der Waals surface area contributed by atoms with Crippen LogP contribution in [0.2, 0.25) is 10.0 Å². The Kier molecular flexibility index (Phi) is 4.86. The predicted octanol–water partition coefficient (Wildman–Crippen LogP) is 6.03. The number of nitrogens with zero attached hydrogens (tertiary/aromatic N) is 2. The third-order valence-corrected chi connectivity index (χ3v) is 6.97. The minimum absolute atomic E-state index is 0.134. The Morgan fingerprint density at radius 3 is 2.50 bits per heavy atom. The number of benzene rings is 2. The van der Waals surface area contributed by atoms with Gasteiger partial charge in [-0.1, -0.05) is 64.8 Å². The van der Waals surface area contributed by atoms with Crippen molar-refractivity contribution in [1.29, 1.82) is 0 Å². The first-order valence-corrected chi connectivity index (χ1v) is 10.9. The van der Waals surface area contributed by atoms with Crippen LogP contribution in [0.15, 0.2) is 47.6 Å². The fourth-order valence-corrected chi connectivity index (χ4v) is 4.97. The van der Waals surface area contributed by atoms with Crippen molar-refractivity contribution in [3.8, 4) is 0 Å². The molecule has 146 valence electrons. The van der Waals surface area contributed by atoms with E-state index < -0.39 is 0 Å². The Hall–Kier alpha value is -1.55. The van der Waals surface area contributed by atoms with Gasteiger partial charge in [0.15, 0.2) is 0 Å². The lowest BCUT2D eigenvalue weighted by Gasteiger charge is -2.37. The summed E-state index contributed by atoms with van der Waals surface area (Å²) < 4.78 is 0. The summed E-state index contributed by atoms with van der Waals surface area (Å²) in [4.78, 5) is 8.44. The van der Waals surface area contributed by atoms with Crippen molar-refractivity contribution in [1.82, 2.24) is 4.90 Å². The van der Waals surface area contributed by atoms with E-state index in [4.69, 9.17) is 28.0 Å². The number of hydrogen-bond donors (Lipinski definition) is 0. The summed E-state index contributed by atoms with van der Waals surface area (Å²) in [5.41, 5.74) is 4.57. The zero-order valence-electron chi connectivity index (χ0n) is 15.8. The van der Waals surface area contributed by atoms with Crippen LogP contribution < -0.4 is 0 Å². The first-order valence-electron chi connectivity index (χ1n) is 10.1. The zero-order valence-corrected chi connectivity index (χ0v) is 17.3. The van der Waals surface area contributed by atoms with Crippen LogP contribution in [0.1, 0.15) is 54.7 Å². The number of rotatable bonds is 4. The van der Waals surface area contributed by atoms with E-state index in [9.17, 15) is 0 Å². The molecule has 2 heterocycles. The molecule has 1 saturated heterocycles. The molecule has 2 aliphatic heterocycles. The first kappa shape index (κ1) is 18.5. The van der Waals surface area contributed by atoms with E-state index in [1.807, 2.05) is 12.1 Å². The molecule has 2 aromatic rings. The van der Waals surface area contributed by atoms with Gasteiger partial charge in [0.2, 0.25) is 0 Å². The third-order valence-electron chi connectivity index (χ3n) is 6.29. The lowest BCUT2D eigenvalue weighted by molar-refractivity contribution is -0.0626. The van der Waals surface area contributed by atoms with Gasteiger partial charge < -0.3 is 4.84 Å². The highest BCUT2D eigenvalue weighted by Crippen LogP contribution is 2.45. The van der Waals surface area contributed by atoms with Crippen molar-refractivity contribution in [2.75, 3.05) is 13.1 Å². The molecule has 0 aromatic heterocycles. The maximum atomic E-state index is 6.50. The van der Waals surface area contributed by atoms with E-state index in [2.05, 4.69) is 40.4 Å². The quantitative estimate of drug-likeness (QED) is 0.609. The molecule has 0 N–H and O–H groups in total. The predicted molar refractivity (Wildman–Crippen MR) is 114 cm³/mol. The second kappa shape index (κ2) is 7.37. The molecule has 3 aliphatic rings. The van der Waals surface area contributed by atoms with Crippen LogP contribution in [0, 0.1) is 0 Å². The van der Waals surface area contributed by atoms with Gasteiger partial charge in [-0.15, -0.1) is 0 Å². The van der Waals surface area contributed by atoms with Crippen molar-refractivity contribution in [3.63, 3.8) is 0 Å². The Morgan fingerprint density at radius 2 is 1.79 bits per heavy atom. The molecule has 28 heavy (non-hydrogen) atoms. The van der Waals surface area contributed by atoms with E-state index in [0.29, 0.717) is 5.92 Å². The summed E-state index contributed by atoms with van der Waals surface area (Å²) in [6, 6.07) is 14.5. The molecule has 0 unspecified atom stereocenters. The molecule has 0 atom stereocenters. The third kappa shape index (κ3) is 3.68. The van der Waals surface area contributed by atoms with Crippen LogP contribution >= 0.6 is 23.2 Å². The summed E-state index contributed by atoms with van der Waals surface area (Å²) in [6.07, 6.45) is 5.38. The number of halogens is 2. The minimum Gasteiger partial charge on any atom is -0.388 e. The summed E-state index contributed by atoms with van der Waals surface area (Å²) in [7, 11) is 0. The summed E-state index contributed by atoms with van der Waals surface area (Å²) in [6.45, 7) is 2.86. The van der Waals surface area contributed by atoms with Gasteiger partial charge in [0.25, 0.3) is 0 Å². The van der Waals surface area contributed by atoms with Crippen molar-refractivity contribution in [3.05, 3.63) is 69.2 Å². The van der Waals surface area contributed by atoms with Crippen LogP contribution in [0.4, 0.5) is 0 Å². The highest BCUT2D eigenvalue weighted by molar-refractivity contribution is 6.35. The van der Waals surface area contributed by atoms with Crippen molar-refractivity contribution in [2.24, 2.45) is 5.16 Å². The molecule has 0 bridgehead atoms. The Balaban J connectivity index is 1.22. The molecular formula is C23H24Cl2N2O. The smallest absolute Gasteiger partial charge is 0.145 e. The van der Waals surface area contributed by atoms with Crippen LogP contribution in [-0.4, -0.2) is 29.3 Å². The fourth-order valence-electron chi connectivity index (χ4n) is 4.38. The molecule has 1 spiro atoms. The Morgan fingerprint density at radius 1 is 1.04 bits per heavy atom. The van der Waals surface area contributed by atoms with E-state index in [-0.39, 0.29) is 5.60 Å². The van der Waals surface area contributed by atoms with Crippen LogP contribution in [0.25, 0.3) is 0 Å². The Bertz CT molecular complexity index is 900. The van der Waals surface area contributed by atoms with Gasteiger partial charge >= 0.3 is 0 Å². The minimum atomic E-state index is -0.134. The highest BCUT2D eigenvalue weighted by atomic mass is 35.5. The second-order valence-electron chi connectivity index (χ2n) is 8.37. The van der Waals surface area contributed by atoms with E-state index in [0.717, 1.165) is 54.7 Å². The topological polar surface area (TPSA) is 24.8 Å². The molecule has 1 saturated carbocycles. The summed E-state index contributed by atoms with van der Waals surface area (Å²) in [5, 5.41) is 6.01. The maximum absolute atomic E-state index is 6.50. The second-order valence-corrected chi connectivity index (χ2v) is 9.19. The normalized spacial score (nSPS) is 21.6. The van der Waals surface area contributed by atoms with Crippen LogP contribution in [0.3, 0.4) is 0 Å². The number of likely N-dealkylation sites (tertiary alicyclic amines) is 1. The summed E-state index contributed by atoms with van der Waals surface area (Å²) >= 11 is 12.9. The SMILES string of the molecule is Clc1cc(Cl)c(C2CC2)cc1CN1CCC2(CC1)CC(c1ccccc1)=NO2. The van der Waals surface area contributed by atoms with E-state index in [1.165, 1.54) is 29.5 Å². The number of piperidine rings is 1. The average molecular weight is 415 g/mol. The number of hydrogen-bond acceptors (Lipinski definition) is 3. The molecule has 0 amide bonds. The molecule has 3 nitrogen and oxygen atoms in total. The molecule has 5 rings (SSSR count). The van der Waals surface area contributed by atoms with E-state index >= 15 is 0 Å². The van der Waals surface area contributed by atoms with Gasteiger partial charge in [0.1, 0.15) is 5.60 Å². The van der Waals surface area contributed by atoms with Gasteiger partial charge in [-0.2, -0.15) is 0 Å². The fraction of sp³-hybridized carbons (Fsp3) is 0.435. The largest absolute Gasteiger partial charge is 0.388 e. The van der Waals surface area contributed by atoms with Crippen molar-refractivity contribution >= 4 is 28.9 Å². The van der Waals surface area contributed by atoms with Crippen LogP contribution in [-0.2, 0) is 11.4 Å². The molecule has 0 radical (unpaired) electrons. The molecular weight excluding hydrogens is 391 g/mol. The lowest BCUT2D eigenvalue weighted by atomic mass is 9.85. The summed E-state index contributed by atoms with van der Waals surface area (Å²) in [5.74, 6) is 0.633. The Labute approximate surface area is 176 Å². The molecule has 5 heteroatoms. The average Bonchev–Trinajstić information content (AvgIpc) is 3.47. The first-order chi connectivity index (χ1) is 13.6. The van der Waals surface area contributed by atoms with Gasteiger partial charge in [-0.3, -0.25) is 4.90 Å². The molecule has 2 aromatic carbocycles.